The molecular weight excluding hydrogens is 514 g/mol. The van der Waals surface area contributed by atoms with Crippen molar-refractivity contribution in [1.82, 2.24) is 25.1 Å². The largest absolute Gasteiger partial charge is 0.340 e. The van der Waals surface area contributed by atoms with Gasteiger partial charge in [0.15, 0.2) is 5.78 Å². The number of carbonyl (C=O) groups is 4. The molecule has 0 bridgehead atoms. The average molecular weight is 546 g/mol. The van der Waals surface area contributed by atoms with Crippen molar-refractivity contribution >= 4 is 34.8 Å². The van der Waals surface area contributed by atoms with E-state index >= 15 is 0 Å². The van der Waals surface area contributed by atoms with Gasteiger partial charge in [0.2, 0.25) is 11.8 Å². The second kappa shape index (κ2) is 11.4. The molecule has 10 heteroatoms. The SMILES string of the molecule is CC(C)CC(NC(=O)c1ccc(-c2ccccn2)s1)C(=O)N1CCC2C1C(=O)CN2C(=O)Cc1cccnc1. The van der Waals surface area contributed by atoms with Crippen LogP contribution >= 0.6 is 11.3 Å². The molecule has 3 aromatic heterocycles. The topological polar surface area (TPSA) is 113 Å². The molecule has 0 radical (unpaired) electrons. The minimum Gasteiger partial charge on any atom is -0.340 e. The first-order chi connectivity index (χ1) is 18.8. The summed E-state index contributed by atoms with van der Waals surface area (Å²) in [5.74, 6) is -0.754. The molecule has 1 N–H and O–H groups in total. The summed E-state index contributed by atoms with van der Waals surface area (Å²) in [7, 11) is 0. The molecule has 3 atom stereocenters. The summed E-state index contributed by atoms with van der Waals surface area (Å²) >= 11 is 1.32. The van der Waals surface area contributed by atoms with Crippen molar-refractivity contribution in [3.63, 3.8) is 0 Å². The fourth-order valence-corrected chi connectivity index (χ4v) is 6.28. The summed E-state index contributed by atoms with van der Waals surface area (Å²) in [6.45, 7) is 4.33. The maximum Gasteiger partial charge on any atom is 0.262 e. The summed E-state index contributed by atoms with van der Waals surface area (Å²) in [5, 5.41) is 2.93. The van der Waals surface area contributed by atoms with Crippen molar-refractivity contribution in [1.29, 1.82) is 0 Å². The van der Waals surface area contributed by atoms with E-state index in [2.05, 4.69) is 15.3 Å². The Morgan fingerprint density at radius 2 is 1.92 bits per heavy atom. The second-order valence-electron chi connectivity index (χ2n) is 10.4. The lowest BCUT2D eigenvalue weighted by Gasteiger charge is -2.29. The lowest BCUT2D eigenvalue weighted by molar-refractivity contribution is -0.138. The third-order valence-electron chi connectivity index (χ3n) is 7.16. The van der Waals surface area contributed by atoms with Gasteiger partial charge >= 0.3 is 0 Å². The third-order valence-corrected chi connectivity index (χ3v) is 8.27. The van der Waals surface area contributed by atoms with E-state index in [1.54, 1.807) is 40.5 Å². The number of nitrogens with zero attached hydrogens (tertiary/aromatic N) is 4. The molecule has 3 unspecified atom stereocenters. The maximum absolute atomic E-state index is 13.8. The Hall–Kier alpha value is -3.92. The van der Waals surface area contributed by atoms with Crippen LogP contribution in [0.4, 0.5) is 0 Å². The number of hydrogen-bond donors (Lipinski definition) is 1. The summed E-state index contributed by atoms with van der Waals surface area (Å²) in [6, 6.07) is 11.0. The van der Waals surface area contributed by atoms with E-state index in [4.69, 9.17) is 0 Å². The van der Waals surface area contributed by atoms with E-state index in [1.807, 2.05) is 44.2 Å². The molecule has 2 saturated heterocycles. The number of Topliss-reactive ketones (excluding diaryl/α,β-unsaturated/α-hetero) is 1. The molecule has 39 heavy (non-hydrogen) atoms. The van der Waals surface area contributed by atoms with Crippen LogP contribution in [0.2, 0.25) is 0 Å². The number of rotatable bonds is 8. The highest BCUT2D eigenvalue weighted by Crippen LogP contribution is 2.32. The molecule has 5 heterocycles. The molecule has 3 amide bonds. The molecule has 2 aliphatic rings. The number of amides is 3. The molecule has 0 aromatic carbocycles. The quantitative estimate of drug-likeness (QED) is 0.466. The number of carbonyl (C=O) groups excluding carboxylic acids is 4. The smallest absolute Gasteiger partial charge is 0.262 e. The van der Waals surface area contributed by atoms with Crippen molar-refractivity contribution in [2.75, 3.05) is 13.1 Å². The molecule has 0 spiro atoms. The van der Waals surface area contributed by atoms with Gasteiger partial charge in [-0.1, -0.05) is 26.0 Å². The number of nitrogens with one attached hydrogen (secondary N) is 1. The number of thiophene rings is 1. The van der Waals surface area contributed by atoms with Crippen molar-refractivity contribution in [2.24, 2.45) is 5.92 Å². The van der Waals surface area contributed by atoms with E-state index in [0.29, 0.717) is 24.3 Å². The van der Waals surface area contributed by atoms with Gasteiger partial charge in [-0.15, -0.1) is 11.3 Å². The van der Waals surface area contributed by atoms with Crippen LogP contribution in [-0.4, -0.2) is 74.5 Å². The van der Waals surface area contributed by atoms with E-state index in [9.17, 15) is 19.2 Å². The molecule has 2 fully saturated rings. The Balaban J connectivity index is 1.28. The van der Waals surface area contributed by atoms with Crippen molar-refractivity contribution in [3.05, 3.63) is 71.5 Å². The fraction of sp³-hybridized carbons (Fsp3) is 0.379. The van der Waals surface area contributed by atoms with Crippen LogP contribution in [0.25, 0.3) is 10.6 Å². The van der Waals surface area contributed by atoms with Crippen LogP contribution in [-0.2, 0) is 20.8 Å². The van der Waals surface area contributed by atoms with Gasteiger partial charge in [0, 0.05) is 25.1 Å². The Bertz CT molecular complexity index is 1360. The first kappa shape index (κ1) is 26.7. The van der Waals surface area contributed by atoms with E-state index in [-0.39, 0.29) is 48.4 Å². The van der Waals surface area contributed by atoms with Crippen LogP contribution in [0, 0.1) is 5.92 Å². The van der Waals surface area contributed by atoms with Gasteiger partial charge < -0.3 is 15.1 Å². The number of pyridine rings is 2. The predicted octanol–water partition coefficient (Wildman–Crippen LogP) is 2.97. The van der Waals surface area contributed by atoms with E-state index < -0.39 is 12.1 Å². The Morgan fingerprint density at radius 3 is 2.64 bits per heavy atom. The summed E-state index contributed by atoms with van der Waals surface area (Å²) < 4.78 is 0. The highest BCUT2D eigenvalue weighted by Gasteiger charge is 2.52. The van der Waals surface area contributed by atoms with Crippen LogP contribution in [0.1, 0.15) is 41.9 Å². The average Bonchev–Trinajstić information content (AvgIpc) is 3.66. The van der Waals surface area contributed by atoms with Crippen molar-refractivity contribution in [2.45, 2.75) is 51.2 Å². The highest BCUT2D eigenvalue weighted by molar-refractivity contribution is 7.17. The fourth-order valence-electron chi connectivity index (χ4n) is 5.40. The van der Waals surface area contributed by atoms with Crippen LogP contribution in [0.15, 0.2) is 61.1 Å². The number of ketones is 1. The van der Waals surface area contributed by atoms with E-state index in [0.717, 1.165) is 16.1 Å². The molecule has 2 aliphatic heterocycles. The monoisotopic (exact) mass is 545 g/mol. The molecule has 0 aliphatic carbocycles. The Morgan fingerprint density at radius 1 is 1.08 bits per heavy atom. The minimum absolute atomic E-state index is 0.00902. The zero-order valence-corrected chi connectivity index (χ0v) is 22.8. The van der Waals surface area contributed by atoms with Crippen molar-refractivity contribution in [3.8, 4) is 10.6 Å². The van der Waals surface area contributed by atoms with Gasteiger partial charge in [-0.2, -0.15) is 0 Å². The molecule has 0 saturated carbocycles. The molecule has 5 rings (SSSR count). The van der Waals surface area contributed by atoms with Gasteiger partial charge in [0.25, 0.3) is 5.91 Å². The number of fused-ring (bicyclic) bond motifs is 1. The number of likely N-dealkylation sites (tertiary alicyclic amines) is 2. The second-order valence-corrected chi connectivity index (χ2v) is 11.5. The molecule has 3 aromatic rings. The zero-order chi connectivity index (χ0) is 27.5. The number of hydrogen-bond acceptors (Lipinski definition) is 7. The summed E-state index contributed by atoms with van der Waals surface area (Å²) in [5.41, 5.74) is 1.56. The summed E-state index contributed by atoms with van der Waals surface area (Å²) in [6.07, 6.45) is 6.12. The Labute approximate surface area is 231 Å². The highest BCUT2D eigenvalue weighted by atomic mass is 32.1. The third kappa shape index (κ3) is 5.75. The van der Waals surface area contributed by atoms with Crippen LogP contribution < -0.4 is 5.32 Å². The van der Waals surface area contributed by atoms with Gasteiger partial charge in [0.05, 0.1) is 34.5 Å². The summed E-state index contributed by atoms with van der Waals surface area (Å²) in [4.78, 5) is 66.0. The zero-order valence-electron chi connectivity index (χ0n) is 21.9. The lowest BCUT2D eigenvalue weighted by atomic mass is 10.0. The lowest BCUT2D eigenvalue weighted by Crippen LogP contribution is -2.52. The van der Waals surface area contributed by atoms with Crippen LogP contribution in [0.3, 0.4) is 0 Å². The van der Waals surface area contributed by atoms with Crippen LogP contribution in [0.5, 0.6) is 0 Å². The van der Waals surface area contributed by atoms with Gasteiger partial charge in [0.1, 0.15) is 12.1 Å². The number of aromatic nitrogens is 2. The first-order valence-corrected chi connectivity index (χ1v) is 14.0. The Kier molecular flexibility index (Phi) is 7.83. The standard InChI is InChI=1S/C29H31N5O4S/c1-18(2)14-21(32-28(37)25-9-8-24(39-25)20-7-3-4-12-31-20)29(38)33-13-10-22-27(33)23(35)17-34(22)26(36)15-19-6-5-11-30-16-19/h3-9,11-12,16,18,21-22,27H,10,13-15,17H2,1-2H3,(H,32,37). The molecule has 202 valence electrons. The minimum atomic E-state index is -0.774. The predicted molar refractivity (Wildman–Crippen MR) is 147 cm³/mol. The first-order valence-electron chi connectivity index (χ1n) is 13.2. The molecule has 9 nitrogen and oxygen atoms in total. The van der Waals surface area contributed by atoms with Crippen molar-refractivity contribution < 1.29 is 19.2 Å². The normalized spacial score (nSPS) is 19.3. The van der Waals surface area contributed by atoms with E-state index in [1.165, 1.54) is 11.3 Å². The maximum atomic E-state index is 13.8. The van der Waals surface area contributed by atoms with Gasteiger partial charge in [-0.05, 0) is 54.7 Å². The van der Waals surface area contributed by atoms with Gasteiger partial charge in [-0.3, -0.25) is 29.1 Å². The van der Waals surface area contributed by atoms with Gasteiger partial charge in [-0.25, -0.2) is 0 Å². The molecular formula is C29H31N5O4S.